The standard InChI is InChI=1S/C36H41O2P/c1-4-33-34(36(38)29(3)28(2)35(33)37)26-18-7-5-6-8-19-27-39(30-20-12-9-13-21-30,31-22-14-10-15-23-31)32-24-16-11-17-25-32/h9-18,20-26H,4-8,19,27H2,1-3H3,(H-,37,38)/p+1/b26-18+. The summed E-state index contributed by atoms with van der Waals surface area (Å²) in [4.78, 5) is 0. The van der Waals surface area contributed by atoms with Crippen LogP contribution in [0.4, 0.5) is 0 Å². The molecule has 0 aliphatic carbocycles. The molecule has 0 atom stereocenters. The zero-order valence-corrected chi connectivity index (χ0v) is 24.5. The second-order valence-electron chi connectivity index (χ2n) is 10.3. The third-order valence-corrected chi connectivity index (χ3v) is 12.5. The number of aromatic hydroxyl groups is 2. The maximum Gasteiger partial charge on any atom is 0.126 e. The minimum Gasteiger partial charge on any atom is -0.507 e. The smallest absolute Gasteiger partial charge is 0.126 e. The third-order valence-electron chi connectivity index (χ3n) is 7.98. The van der Waals surface area contributed by atoms with Gasteiger partial charge in [0, 0.05) is 11.1 Å². The fourth-order valence-electron chi connectivity index (χ4n) is 5.64. The summed E-state index contributed by atoms with van der Waals surface area (Å²) in [6.07, 6.45) is 11.6. The van der Waals surface area contributed by atoms with Crippen molar-refractivity contribution in [3.05, 3.63) is 119 Å². The van der Waals surface area contributed by atoms with Crippen LogP contribution >= 0.6 is 7.26 Å². The maximum absolute atomic E-state index is 10.7. The first kappa shape index (κ1) is 28.7. The van der Waals surface area contributed by atoms with Gasteiger partial charge in [0.2, 0.25) is 0 Å². The van der Waals surface area contributed by atoms with Gasteiger partial charge >= 0.3 is 0 Å². The van der Waals surface area contributed by atoms with Crippen molar-refractivity contribution in [3.8, 4) is 11.5 Å². The molecule has 0 spiro atoms. The van der Waals surface area contributed by atoms with Crippen molar-refractivity contribution >= 4 is 29.3 Å². The van der Waals surface area contributed by atoms with E-state index in [1.807, 2.05) is 26.8 Å². The lowest BCUT2D eigenvalue weighted by Crippen LogP contribution is -2.33. The Kier molecular flexibility index (Phi) is 10.0. The molecule has 3 heteroatoms. The van der Waals surface area contributed by atoms with Gasteiger partial charge in [-0.05, 0) is 93.5 Å². The van der Waals surface area contributed by atoms with Gasteiger partial charge in [-0.2, -0.15) is 0 Å². The van der Waals surface area contributed by atoms with Gasteiger partial charge < -0.3 is 10.2 Å². The predicted octanol–water partition coefficient (Wildman–Crippen LogP) is 8.23. The number of unbranched alkanes of at least 4 members (excludes halogenated alkanes) is 4. The molecule has 0 fully saturated rings. The molecule has 2 nitrogen and oxygen atoms in total. The largest absolute Gasteiger partial charge is 0.507 e. The Hall–Kier alpha value is -3.35. The van der Waals surface area contributed by atoms with Crippen LogP contribution in [0.5, 0.6) is 11.5 Å². The van der Waals surface area contributed by atoms with Crippen LogP contribution in [-0.2, 0) is 6.42 Å². The van der Waals surface area contributed by atoms with Crippen molar-refractivity contribution in [1.29, 1.82) is 0 Å². The first-order valence-electron chi connectivity index (χ1n) is 14.3. The number of hydrogen-bond acceptors (Lipinski definition) is 2. The van der Waals surface area contributed by atoms with E-state index in [4.69, 9.17) is 0 Å². The molecule has 4 rings (SSSR count). The fraction of sp³-hybridized carbons (Fsp3) is 0.278. The molecule has 0 saturated heterocycles. The Labute approximate surface area is 235 Å². The molecule has 39 heavy (non-hydrogen) atoms. The van der Waals surface area contributed by atoms with E-state index >= 15 is 0 Å². The van der Waals surface area contributed by atoms with Crippen molar-refractivity contribution < 1.29 is 10.2 Å². The van der Waals surface area contributed by atoms with E-state index in [1.165, 1.54) is 35.2 Å². The van der Waals surface area contributed by atoms with Crippen LogP contribution in [0, 0.1) is 13.8 Å². The average Bonchev–Trinajstić information content (AvgIpc) is 2.99. The average molecular weight is 538 g/mol. The van der Waals surface area contributed by atoms with Crippen LogP contribution in [0.15, 0.2) is 97.1 Å². The fourth-order valence-corrected chi connectivity index (χ4v) is 10.0. The van der Waals surface area contributed by atoms with Crippen molar-refractivity contribution in [2.45, 2.75) is 59.3 Å². The number of benzene rings is 4. The Morgan fingerprint density at radius 1 is 0.615 bits per heavy atom. The van der Waals surface area contributed by atoms with Crippen LogP contribution in [0.2, 0.25) is 0 Å². The van der Waals surface area contributed by atoms with Crippen LogP contribution in [0.3, 0.4) is 0 Å². The minimum atomic E-state index is -1.75. The van der Waals surface area contributed by atoms with E-state index in [0.717, 1.165) is 41.3 Å². The monoisotopic (exact) mass is 537 g/mol. The van der Waals surface area contributed by atoms with Crippen LogP contribution in [-0.4, -0.2) is 16.4 Å². The molecule has 0 heterocycles. The molecular weight excluding hydrogens is 495 g/mol. The molecular formula is C36H42O2P+. The van der Waals surface area contributed by atoms with E-state index in [0.29, 0.717) is 17.9 Å². The van der Waals surface area contributed by atoms with Crippen molar-refractivity contribution in [2.75, 3.05) is 6.16 Å². The van der Waals surface area contributed by atoms with Gasteiger partial charge in [0.25, 0.3) is 0 Å². The molecule has 2 N–H and O–H groups in total. The van der Waals surface area contributed by atoms with Crippen LogP contribution < -0.4 is 15.9 Å². The summed E-state index contributed by atoms with van der Waals surface area (Å²) >= 11 is 0. The predicted molar refractivity (Wildman–Crippen MR) is 171 cm³/mol. The van der Waals surface area contributed by atoms with Gasteiger partial charge in [-0.1, -0.05) is 80.1 Å². The van der Waals surface area contributed by atoms with Gasteiger partial charge in [0.15, 0.2) is 0 Å². The maximum atomic E-state index is 10.7. The first-order valence-corrected chi connectivity index (χ1v) is 16.2. The third kappa shape index (κ3) is 6.29. The number of allylic oxidation sites excluding steroid dienone is 1. The van der Waals surface area contributed by atoms with Crippen LogP contribution in [0.25, 0.3) is 6.08 Å². The number of phenolic OH excluding ortho intramolecular Hbond substituents is 2. The summed E-state index contributed by atoms with van der Waals surface area (Å²) in [5, 5.41) is 25.6. The number of rotatable bonds is 12. The van der Waals surface area contributed by atoms with Gasteiger partial charge in [0.05, 0.1) is 6.16 Å². The Balaban J connectivity index is 1.44. The number of phenols is 2. The van der Waals surface area contributed by atoms with Gasteiger partial charge in [-0.15, -0.1) is 0 Å². The lowest BCUT2D eigenvalue weighted by Gasteiger charge is -2.27. The highest BCUT2D eigenvalue weighted by atomic mass is 31.2. The van der Waals surface area contributed by atoms with E-state index in [-0.39, 0.29) is 0 Å². The van der Waals surface area contributed by atoms with Crippen LogP contribution in [0.1, 0.15) is 61.3 Å². The minimum absolute atomic E-state index is 0.293. The van der Waals surface area contributed by atoms with E-state index < -0.39 is 7.26 Å². The molecule has 0 aliphatic rings. The Morgan fingerprint density at radius 2 is 1.08 bits per heavy atom. The van der Waals surface area contributed by atoms with Crippen molar-refractivity contribution in [2.24, 2.45) is 0 Å². The highest BCUT2D eigenvalue weighted by Crippen LogP contribution is 2.56. The van der Waals surface area contributed by atoms with E-state index in [9.17, 15) is 10.2 Å². The summed E-state index contributed by atoms with van der Waals surface area (Å²) in [7, 11) is -1.75. The summed E-state index contributed by atoms with van der Waals surface area (Å²) in [5.41, 5.74) is 3.12. The Morgan fingerprint density at radius 3 is 1.56 bits per heavy atom. The topological polar surface area (TPSA) is 40.5 Å². The second kappa shape index (κ2) is 13.6. The van der Waals surface area contributed by atoms with Gasteiger partial charge in [-0.25, -0.2) is 0 Å². The van der Waals surface area contributed by atoms with E-state index in [2.05, 4.69) is 97.1 Å². The highest BCUT2D eigenvalue weighted by molar-refractivity contribution is 7.95. The summed E-state index contributed by atoms with van der Waals surface area (Å²) in [6.45, 7) is 5.75. The molecule has 0 unspecified atom stereocenters. The van der Waals surface area contributed by atoms with Crippen molar-refractivity contribution in [3.63, 3.8) is 0 Å². The molecule has 0 aromatic heterocycles. The van der Waals surface area contributed by atoms with Crippen molar-refractivity contribution in [1.82, 2.24) is 0 Å². The molecule has 0 aliphatic heterocycles. The summed E-state index contributed by atoms with van der Waals surface area (Å²) < 4.78 is 0. The highest BCUT2D eigenvalue weighted by Gasteiger charge is 2.44. The van der Waals surface area contributed by atoms with E-state index in [1.54, 1.807) is 0 Å². The normalized spacial score (nSPS) is 11.8. The lowest BCUT2D eigenvalue weighted by atomic mass is 9.94. The number of hydrogen-bond donors (Lipinski definition) is 2. The molecule has 4 aromatic rings. The molecule has 0 bridgehead atoms. The van der Waals surface area contributed by atoms with Gasteiger partial charge in [-0.3, -0.25) is 0 Å². The molecule has 0 radical (unpaired) electrons. The molecule has 202 valence electrons. The summed E-state index contributed by atoms with van der Waals surface area (Å²) in [5.74, 6) is 0.607. The zero-order chi connectivity index (χ0) is 27.7. The summed E-state index contributed by atoms with van der Waals surface area (Å²) in [6, 6.07) is 33.4. The molecule has 0 amide bonds. The SMILES string of the molecule is CCc1c(O)c(C)c(C)c(O)c1/C=C/CCCCCC[P+](c1ccccc1)(c1ccccc1)c1ccccc1. The Bertz CT molecular complexity index is 1270. The second-order valence-corrected chi connectivity index (χ2v) is 14.0. The first-order chi connectivity index (χ1) is 19.0. The lowest BCUT2D eigenvalue weighted by molar-refractivity contribution is 0.446. The van der Waals surface area contributed by atoms with Gasteiger partial charge in [0.1, 0.15) is 34.7 Å². The zero-order valence-electron chi connectivity index (χ0n) is 23.6. The molecule has 4 aromatic carbocycles. The quantitative estimate of drug-likeness (QED) is 0.109. The molecule has 0 saturated carbocycles.